The Kier molecular flexibility index (Phi) is 4.79. The van der Waals surface area contributed by atoms with Gasteiger partial charge in [-0.25, -0.2) is 9.97 Å². The SMILES string of the molecule is COc1ncccc1[C@@H]1CCC(C)(C)CCN1c1cc(C)nc(N)n1. The Labute approximate surface area is 149 Å². The summed E-state index contributed by atoms with van der Waals surface area (Å²) in [6, 6.07) is 6.22. The first-order chi connectivity index (χ1) is 11.9. The molecule has 0 aromatic carbocycles. The molecule has 1 saturated heterocycles. The molecule has 3 heterocycles. The minimum atomic E-state index is 0.152. The van der Waals surface area contributed by atoms with E-state index in [9.17, 15) is 0 Å². The first-order valence-electron chi connectivity index (χ1n) is 8.76. The Balaban J connectivity index is 2.07. The van der Waals surface area contributed by atoms with Gasteiger partial charge in [-0.3, -0.25) is 0 Å². The fraction of sp³-hybridized carbons (Fsp3) is 0.526. The zero-order chi connectivity index (χ0) is 18.0. The topological polar surface area (TPSA) is 77.2 Å². The smallest absolute Gasteiger partial charge is 0.222 e. The number of methoxy groups -OCH3 is 1. The molecule has 0 unspecified atom stereocenters. The lowest BCUT2D eigenvalue weighted by Crippen LogP contribution is -2.30. The molecule has 2 aromatic rings. The highest BCUT2D eigenvalue weighted by atomic mass is 16.5. The maximum absolute atomic E-state index is 5.91. The van der Waals surface area contributed by atoms with E-state index in [0.29, 0.717) is 11.8 Å². The summed E-state index contributed by atoms with van der Waals surface area (Å²) in [4.78, 5) is 15.5. The highest BCUT2D eigenvalue weighted by Crippen LogP contribution is 2.42. The molecule has 0 radical (unpaired) electrons. The predicted octanol–water partition coefficient (Wildman–Crippen LogP) is 3.53. The molecule has 0 amide bonds. The van der Waals surface area contributed by atoms with Gasteiger partial charge in [0.1, 0.15) is 5.82 Å². The van der Waals surface area contributed by atoms with Crippen LogP contribution < -0.4 is 15.4 Å². The van der Waals surface area contributed by atoms with E-state index < -0.39 is 0 Å². The molecule has 2 aromatic heterocycles. The molecule has 0 aliphatic carbocycles. The Morgan fingerprint density at radius 1 is 1.28 bits per heavy atom. The van der Waals surface area contributed by atoms with Crippen molar-refractivity contribution in [3.8, 4) is 5.88 Å². The highest BCUT2D eigenvalue weighted by molar-refractivity contribution is 5.48. The van der Waals surface area contributed by atoms with Crippen molar-refractivity contribution in [3.63, 3.8) is 0 Å². The van der Waals surface area contributed by atoms with Crippen molar-refractivity contribution in [2.24, 2.45) is 5.41 Å². The van der Waals surface area contributed by atoms with Crippen LogP contribution >= 0.6 is 0 Å². The van der Waals surface area contributed by atoms with E-state index in [1.165, 1.54) is 0 Å². The largest absolute Gasteiger partial charge is 0.481 e. The molecule has 1 aliphatic rings. The molecule has 0 spiro atoms. The van der Waals surface area contributed by atoms with Crippen LogP contribution in [0.25, 0.3) is 0 Å². The second-order valence-corrected chi connectivity index (χ2v) is 7.49. The van der Waals surface area contributed by atoms with Crippen LogP contribution in [0.5, 0.6) is 5.88 Å². The van der Waals surface area contributed by atoms with E-state index in [2.05, 4.69) is 39.8 Å². The van der Waals surface area contributed by atoms with Crippen LogP contribution in [0.3, 0.4) is 0 Å². The van der Waals surface area contributed by atoms with Crippen molar-refractivity contribution in [2.75, 3.05) is 24.3 Å². The van der Waals surface area contributed by atoms with Crippen molar-refractivity contribution in [2.45, 2.75) is 46.1 Å². The van der Waals surface area contributed by atoms with Gasteiger partial charge in [-0.1, -0.05) is 19.9 Å². The van der Waals surface area contributed by atoms with Gasteiger partial charge in [-0.2, -0.15) is 4.98 Å². The molecule has 6 nitrogen and oxygen atoms in total. The number of hydrogen-bond acceptors (Lipinski definition) is 6. The number of nitrogen functional groups attached to an aromatic ring is 1. The van der Waals surface area contributed by atoms with Crippen molar-refractivity contribution in [3.05, 3.63) is 35.7 Å². The molecular formula is C19H27N5O. The molecule has 0 bridgehead atoms. The molecule has 1 aliphatic heterocycles. The Bertz CT molecular complexity index is 726. The third kappa shape index (κ3) is 3.83. The molecule has 0 saturated carbocycles. The maximum Gasteiger partial charge on any atom is 0.222 e. The lowest BCUT2D eigenvalue weighted by Gasteiger charge is -2.32. The van der Waals surface area contributed by atoms with Crippen molar-refractivity contribution < 1.29 is 4.74 Å². The number of aromatic nitrogens is 3. The second-order valence-electron chi connectivity index (χ2n) is 7.49. The number of nitrogens with two attached hydrogens (primary N) is 1. The first-order valence-corrected chi connectivity index (χ1v) is 8.76. The molecule has 6 heteroatoms. The van der Waals surface area contributed by atoms with Crippen LogP contribution in [0.2, 0.25) is 0 Å². The van der Waals surface area contributed by atoms with Crippen molar-refractivity contribution >= 4 is 11.8 Å². The van der Waals surface area contributed by atoms with E-state index in [0.717, 1.165) is 42.9 Å². The minimum absolute atomic E-state index is 0.152. The van der Waals surface area contributed by atoms with E-state index in [1.54, 1.807) is 13.3 Å². The second kappa shape index (κ2) is 6.86. The molecule has 1 fully saturated rings. The summed E-state index contributed by atoms with van der Waals surface area (Å²) >= 11 is 0. The Hall–Kier alpha value is -2.37. The number of hydrogen-bond donors (Lipinski definition) is 1. The zero-order valence-electron chi connectivity index (χ0n) is 15.5. The molecule has 2 N–H and O–H groups in total. The number of pyridine rings is 1. The van der Waals surface area contributed by atoms with Crippen LogP contribution in [0.15, 0.2) is 24.4 Å². The highest BCUT2D eigenvalue weighted by Gasteiger charge is 2.33. The van der Waals surface area contributed by atoms with E-state index in [-0.39, 0.29) is 11.5 Å². The Morgan fingerprint density at radius 2 is 2.08 bits per heavy atom. The van der Waals surface area contributed by atoms with Crippen LogP contribution in [-0.4, -0.2) is 28.6 Å². The average molecular weight is 341 g/mol. The fourth-order valence-electron chi connectivity index (χ4n) is 3.53. The van der Waals surface area contributed by atoms with Gasteiger partial charge >= 0.3 is 0 Å². The van der Waals surface area contributed by atoms with Gasteiger partial charge in [-0.05, 0) is 37.7 Å². The molecule has 25 heavy (non-hydrogen) atoms. The predicted molar refractivity (Wildman–Crippen MR) is 99.7 cm³/mol. The number of nitrogens with zero attached hydrogens (tertiary/aromatic N) is 4. The molecule has 3 rings (SSSR count). The van der Waals surface area contributed by atoms with Gasteiger partial charge in [0, 0.05) is 30.1 Å². The summed E-state index contributed by atoms with van der Waals surface area (Å²) < 4.78 is 5.53. The molecule has 1 atom stereocenters. The van der Waals surface area contributed by atoms with Gasteiger partial charge in [0.25, 0.3) is 0 Å². The lowest BCUT2D eigenvalue weighted by molar-refractivity contribution is 0.319. The summed E-state index contributed by atoms with van der Waals surface area (Å²) in [6.07, 6.45) is 5.00. The normalized spacial score (nSPS) is 20.2. The summed E-state index contributed by atoms with van der Waals surface area (Å²) in [5.74, 6) is 1.87. The number of rotatable bonds is 3. The van der Waals surface area contributed by atoms with Crippen molar-refractivity contribution in [1.29, 1.82) is 0 Å². The zero-order valence-corrected chi connectivity index (χ0v) is 15.5. The number of ether oxygens (including phenoxy) is 1. The maximum atomic E-state index is 5.91. The van der Waals surface area contributed by atoms with Crippen LogP contribution in [-0.2, 0) is 0 Å². The number of anilines is 2. The third-order valence-electron chi connectivity index (χ3n) is 5.01. The van der Waals surface area contributed by atoms with Crippen molar-refractivity contribution in [1.82, 2.24) is 15.0 Å². The van der Waals surface area contributed by atoms with Gasteiger partial charge in [-0.15, -0.1) is 0 Å². The molecular weight excluding hydrogens is 314 g/mol. The quantitative estimate of drug-likeness (QED) is 0.920. The van der Waals surface area contributed by atoms with E-state index >= 15 is 0 Å². The van der Waals surface area contributed by atoms with Gasteiger partial charge in [0.15, 0.2) is 0 Å². The van der Waals surface area contributed by atoms with E-state index in [4.69, 9.17) is 10.5 Å². The number of aryl methyl sites for hydroxylation is 1. The third-order valence-corrected chi connectivity index (χ3v) is 5.01. The van der Waals surface area contributed by atoms with Gasteiger partial charge in [0.05, 0.1) is 13.2 Å². The average Bonchev–Trinajstić information content (AvgIpc) is 2.72. The van der Waals surface area contributed by atoms with Crippen LogP contribution in [0.4, 0.5) is 11.8 Å². The summed E-state index contributed by atoms with van der Waals surface area (Å²) in [7, 11) is 1.67. The summed E-state index contributed by atoms with van der Waals surface area (Å²) in [5.41, 5.74) is 8.17. The first kappa shape index (κ1) is 17.5. The minimum Gasteiger partial charge on any atom is -0.481 e. The standard InChI is InChI=1S/C19H27N5O/c1-13-12-16(23-18(20)22-13)24-11-9-19(2,3)8-7-15(24)14-6-5-10-21-17(14)25-4/h5-6,10,12,15H,7-9,11H2,1-4H3,(H2,20,22,23)/t15-/m0/s1. The Morgan fingerprint density at radius 3 is 2.80 bits per heavy atom. The van der Waals surface area contributed by atoms with Crippen LogP contribution in [0, 0.1) is 12.3 Å². The van der Waals surface area contributed by atoms with Gasteiger partial charge in [0.2, 0.25) is 11.8 Å². The lowest BCUT2D eigenvalue weighted by atomic mass is 9.84. The summed E-state index contributed by atoms with van der Waals surface area (Å²) in [5, 5.41) is 0. The fourth-order valence-corrected chi connectivity index (χ4v) is 3.53. The van der Waals surface area contributed by atoms with Crippen LogP contribution in [0.1, 0.15) is 50.4 Å². The summed E-state index contributed by atoms with van der Waals surface area (Å²) in [6.45, 7) is 7.51. The monoisotopic (exact) mass is 341 g/mol. The van der Waals surface area contributed by atoms with E-state index in [1.807, 2.05) is 19.1 Å². The van der Waals surface area contributed by atoms with Gasteiger partial charge < -0.3 is 15.4 Å². The molecule has 134 valence electrons.